The van der Waals surface area contributed by atoms with E-state index in [2.05, 4.69) is 157 Å². The zero-order valence-corrected chi connectivity index (χ0v) is 25.2. The van der Waals surface area contributed by atoms with Crippen LogP contribution in [0, 0.1) is 0 Å². The van der Waals surface area contributed by atoms with Crippen molar-refractivity contribution in [1.29, 1.82) is 0 Å². The molecule has 0 N–H and O–H groups in total. The molecule has 0 radical (unpaired) electrons. The summed E-state index contributed by atoms with van der Waals surface area (Å²) in [6.45, 7) is 0. The molecule has 9 aromatic rings. The van der Waals surface area contributed by atoms with Gasteiger partial charge >= 0.3 is 0 Å². The van der Waals surface area contributed by atoms with Crippen LogP contribution in [-0.4, -0.2) is 0 Å². The number of nitrogens with zero attached hydrogens (tertiary/aromatic N) is 1. The van der Waals surface area contributed by atoms with Gasteiger partial charge in [0, 0.05) is 53.9 Å². The van der Waals surface area contributed by atoms with Crippen molar-refractivity contribution in [2.45, 2.75) is 0 Å². The summed E-state index contributed by atoms with van der Waals surface area (Å²) < 4.78 is 8.98. The van der Waals surface area contributed by atoms with Gasteiger partial charge in [0.1, 0.15) is 11.2 Å². The van der Waals surface area contributed by atoms with Gasteiger partial charge in [0.25, 0.3) is 0 Å². The standard InChI is InChI=1S/C42H27NOS/c1-3-13-28(14-4-1)31-19-11-21-36(41(31)35-20-12-24-40-42(35)34-18-8-10-23-39(34)45-40)43(29-15-5-2-6-16-29)30-25-26-33-32-17-7-9-22-37(32)44-38(33)27-30/h1-27H. The third-order valence-electron chi connectivity index (χ3n) is 8.67. The highest BCUT2D eigenvalue weighted by molar-refractivity contribution is 7.25. The molecule has 2 aromatic heterocycles. The number of hydrogen-bond donors (Lipinski definition) is 0. The van der Waals surface area contributed by atoms with Gasteiger partial charge in [-0.15, -0.1) is 11.3 Å². The van der Waals surface area contributed by atoms with E-state index in [0.29, 0.717) is 0 Å². The van der Waals surface area contributed by atoms with Crippen LogP contribution in [0.4, 0.5) is 17.1 Å². The van der Waals surface area contributed by atoms with E-state index in [0.717, 1.165) is 39.0 Å². The Hall–Kier alpha value is -5.64. The quantitative estimate of drug-likeness (QED) is 0.197. The summed E-state index contributed by atoms with van der Waals surface area (Å²) in [5, 5.41) is 4.84. The van der Waals surface area contributed by atoms with Crippen LogP contribution in [0.1, 0.15) is 0 Å². The van der Waals surface area contributed by atoms with Gasteiger partial charge < -0.3 is 9.32 Å². The minimum Gasteiger partial charge on any atom is -0.456 e. The number of thiophene rings is 1. The molecule has 0 aliphatic carbocycles. The first-order chi connectivity index (χ1) is 22.3. The maximum atomic E-state index is 6.39. The lowest BCUT2D eigenvalue weighted by Gasteiger charge is -2.29. The largest absolute Gasteiger partial charge is 0.456 e. The summed E-state index contributed by atoms with van der Waals surface area (Å²) >= 11 is 1.86. The fourth-order valence-electron chi connectivity index (χ4n) is 6.71. The predicted octanol–water partition coefficient (Wildman–Crippen LogP) is 12.8. The molecule has 0 unspecified atom stereocenters. The molecule has 0 aliphatic heterocycles. The Morgan fingerprint density at radius 2 is 1.11 bits per heavy atom. The molecule has 0 spiro atoms. The van der Waals surface area contributed by atoms with E-state index in [1.165, 1.54) is 42.4 Å². The number of para-hydroxylation sites is 2. The van der Waals surface area contributed by atoms with Crippen molar-refractivity contribution in [2.75, 3.05) is 4.90 Å². The highest BCUT2D eigenvalue weighted by atomic mass is 32.1. The van der Waals surface area contributed by atoms with Crippen molar-refractivity contribution in [3.8, 4) is 22.3 Å². The maximum absolute atomic E-state index is 6.39. The molecule has 0 aliphatic rings. The Kier molecular flexibility index (Phi) is 6.03. The van der Waals surface area contributed by atoms with Crippen molar-refractivity contribution in [1.82, 2.24) is 0 Å². The topological polar surface area (TPSA) is 16.4 Å². The molecular formula is C42H27NOS. The van der Waals surface area contributed by atoms with E-state index in [9.17, 15) is 0 Å². The predicted molar refractivity (Wildman–Crippen MR) is 192 cm³/mol. The SMILES string of the molecule is c1ccc(-c2cccc(N(c3ccccc3)c3ccc4c(c3)oc3ccccc34)c2-c2cccc3sc4ccccc4c23)cc1. The van der Waals surface area contributed by atoms with Gasteiger partial charge in [0.05, 0.1) is 5.69 Å². The van der Waals surface area contributed by atoms with Crippen LogP contribution >= 0.6 is 11.3 Å². The first kappa shape index (κ1) is 25.8. The third-order valence-corrected chi connectivity index (χ3v) is 9.81. The summed E-state index contributed by atoms with van der Waals surface area (Å²) in [5.41, 5.74) is 9.83. The van der Waals surface area contributed by atoms with Crippen molar-refractivity contribution < 1.29 is 4.42 Å². The minimum absolute atomic E-state index is 0.876. The summed E-state index contributed by atoms with van der Waals surface area (Å²) in [5.74, 6) is 0. The minimum atomic E-state index is 0.876. The van der Waals surface area contributed by atoms with Crippen LogP contribution in [0.3, 0.4) is 0 Å². The van der Waals surface area contributed by atoms with Crippen molar-refractivity contribution in [3.63, 3.8) is 0 Å². The summed E-state index contributed by atoms with van der Waals surface area (Å²) in [6, 6.07) is 58.5. The molecule has 0 amide bonds. The Balaban J connectivity index is 1.38. The molecule has 7 aromatic carbocycles. The van der Waals surface area contributed by atoms with Crippen molar-refractivity contribution >= 4 is 70.5 Å². The summed E-state index contributed by atoms with van der Waals surface area (Å²) in [4.78, 5) is 2.38. The second-order valence-corrected chi connectivity index (χ2v) is 12.4. The molecule has 2 heterocycles. The molecule has 9 rings (SSSR count). The van der Waals surface area contributed by atoms with Gasteiger partial charge in [-0.05, 0) is 65.2 Å². The lowest BCUT2D eigenvalue weighted by molar-refractivity contribution is 0.669. The molecule has 3 heteroatoms. The van der Waals surface area contributed by atoms with E-state index >= 15 is 0 Å². The van der Waals surface area contributed by atoms with Gasteiger partial charge in [-0.25, -0.2) is 0 Å². The van der Waals surface area contributed by atoms with Crippen LogP contribution in [0.15, 0.2) is 168 Å². The van der Waals surface area contributed by atoms with E-state index in [-0.39, 0.29) is 0 Å². The fourth-order valence-corrected chi connectivity index (χ4v) is 7.84. The molecule has 0 atom stereocenters. The molecule has 0 fully saturated rings. The molecule has 0 saturated heterocycles. The monoisotopic (exact) mass is 593 g/mol. The molecule has 0 bridgehead atoms. The normalized spacial score (nSPS) is 11.6. The number of anilines is 3. The van der Waals surface area contributed by atoms with Gasteiger partial charge in [-0.1, -0.05) is 109 Å². The molecule has 2 nitrogen and oxygen atoms in total. The maximum Gasteiger partial charge on any atom is 0.137 e. The van der Waals surface area contributed by atoms with E-state index < -0.39 is 0 Å². The highest BCUT2D eigenvalue weighted by Crippen LogP contribution is 2.49. The van der Waals surface area contributed by atoms with Crippen molar-refractivity contribution in [2.24, 2.45) is 0 Å². The number of benzene rings is 7. The van der Waals surface area contributed by atoms with E-state index in [4.69, 9.17) is 4.42 Å². The van der Waals surface area contributed by atoms with E-state index in [1.54, 1.807) is 0 Å². The Bertz CT molecular complexity index is 2490. The smallest absolute Gasteiger partial charge is 0.137 e. The molecule has 212 valence electrons. The van der Waals surface area contributed by atoms with Gasteiger partial charge in [0.2, 0.25) is 0 Å². The fraction of sp³-hybridized carbons (Fsp3) is 0. The average Bonchev–Trinajstić information content (AvgIpc) is 3.67. The first-order valence-electron chi connectivity index (χ1n) is 15.2. The summed E-state index contributed by atoms with van der Waals surface area (Å²) in [6.07, 6.45) is 0. The van der Waals surface area contributed by atoms with Crippen LogP contribution in [0.5, 0.6) is 0 Å². The molecule has 0 saturated carbocycles. The lowest BCUT2D eigenvalue weighted by Crippen LogP contribution is -2.11. The van der Waals surface area contributed by atoms with Crippen LogP contribution < -0.4 is 4.90 Å². The Morgan fingerprint density at radius 1 is 0.444 bits per heavy atom. The summed E-state index contributed by atoms with van der Waals surface area (Å²) in [7, 11) is 0. The van der Waals surface area contributed by atoms with Gasteiger partial charge in [-0.3, -0.25) is 0 Å². The Labute approximate surface area is 265 Å². The van der Waals surface area contributed by atoms with Gasteiger partial charge in [0.15, 0.2) is 0 Å². The number of fused-ring (bicyclic) bond motifs is 6. The van der Waals surface area contributed by atoms with Crippen LogP contribution in [0.25, 0.3) is 64.4 Å². The second-order valence-electron chi connectivity index (χ2n) is 11.3. The van der Waals surface area contributed by atoms with Crippen molar-refractivity contribution in [3.05, 3.63) is 164 Å². The third kappa shape index (κ3) is 4.24. The van der Waals surface area contributed by atoms with Crippen LogP contribution in [-0.2, 0) is 0 Å². The zero-order chi connectivity index (χ0) is 29.7. The Morgan fingerprint density at radius 3 is 1.98 bits per heavy atom. The van der Waals surface area contributed by atoms with Crippen LogP contribution in [0.2, 0.25) is 0 Å². The molecular weight excluding hydrogens is 567 g/mol. The van der Waals surface area contributed by atoms with Gasteiger partial charge in [-0.2, -0.15) is 0 Å². The lowest BCUT2D eigenvalue weighted by atomic mass is 9.89. The molecule has 45 heavy (non-hydrogen) atoms. The second kappa shape index (κ2) is 10.5. The zero-order valence-electron chi connectivity index (χ0n) is 24.4. The average molecular weight is 594 g/mol. The first-order valence-corrected chi connectivity index (χ1v) is 16.0. The van der Waals surface area contributed by atoms with E-state index in [1.807, 2.05) is 23.5 Å². The highest BCUT2D eigenvalue weighted by Gasteiger charge is 2.23. The number of hydrogen-bond acceptors (Lipinski definition) is 3. The number of furan rings is 1. The number of rotatable bonds is 5.